The number of benzene rings is 1. The number of rotatable bonds is 9. The van der Waals surface area contributed by atoms with Gasteiger partial charge in [-0.3, -0.25) is 14.4 Å². The van der Waals surface area contributed by atoms with Gasteiger partial charge in [0.2, 0.25) is 21.1 Å². The van der Waals surface area contributed by atoms with E-state index in [9.17, 15) is 13.2 Å². The van der Waals surface area contributed by atoms with Crippen molar-refractivity contribution in [3.63, 3.8) is 0 Å². The molecule has 0 aliphatic carbocycles. The summed E-state index contributed by atoms with van der Waals surface area (Å²) in [5.74, 6) is 0.0360. The van der Waals surface area contributed by atoms with Crippen molar-refractivity contribution in [1.29, 1.82) is 0 Å². The van der Waals surface area contributed by atoms with E-state index in [0.717, 1.165) is 14.9 Å². The molecule has 1 aromatic heterocycles. The summed E-state index contributed by atoms with van der Waals surface area (Å²) in [4.78, 5) is 12.9. The molecule has 0 aliphatic heterocycles. The quantitative estimate of drug-likeness (QED) is 0.468. The first-order valence-electron chi connectivity index (χ1n) is 8.60. The average Bonchev–Trinajstić information content (AvgIpc) is 3.04. The van der Waals surface area contributed by atoms with Crippen LogP contribution in [0.3, 0.4) is 0 Å². The summed E-state index contributed by atoms with van der Waals surface area (Å²) >= 11 is 2.80. The molecule has 1 heterocycles. The molecule has 0 aliphatic rings. The number of hydrogen-bond acceptors (Lipinski definition) is 8. The Morgan fingerprint density at radius 1 is 1.36 bits per heavy atom. The van der Waals surface area contributed by atoms with E-state index in [1.807, 2.05) is 13.8 Å². The Labute approximate surface area is 173 Å². The van der Waals surface area contributed by atoms with Crippen LogP contribution < -0.4 is 14.4 Å². The van der Waals surface area contributed by atoms with Crippen LogP contribution >= 0.6 is 23.1 Å². The second kappa shape index (κ2) is 9.57. The van der Waals surface area contributed by atoms with Crippen molar-refractivity contribution >= 4 is 49.8 Å². The summed E-state index contributed by atoms with van der Waals surface area (Å²) in [6, 6.07) is 5.66. The van der Waals surface area contributed by atoms with Gasteiger partial charge in [0.05, 0.1) is 19.1 Å². The number of carbonyl (C=O) groups is 1. The molecule has 0 fully saturated rings. The van der Waals surface area contributed by atoms with Gasteiger partial charge in [-0.05, 0) is 18.6 Å². The molecule has 0 unspecified atom stereocenters. The Morgan fingerprint density at radius 2 is 2.07 bits per heavy atom. The zero-order valence-electron chi connectivity index (χ0n) is 16.4. The lowest BCUT2D eigenvalue weighted by molar-refractivity contribution is -0.117. The van der Waals surface area contributed by atoms with E-state index in [4.69, 9.17) is 4.74 Å². The number of carbonyl (C=O) groups excluding carboxylic acids is 1. The molecule has 2 aromatic rings. The highest BCUT2D eigenvalue weighted by Crippen LogP contribution is 2.30. The molecule has 0 bridgehead atoms. The third-order valence-corrected chi connectivity index (χ3v) is 6.72. The van der Waals surface area contributed by atoms with E-state index >= 15 is 0 Å². The molecule has 2 rings (SSSR count). The minimum absolute atomic E-state index is 0.280. The van der Waals surface area contributed by atoms with Crippen LogP contribution in [0.1, 0.15) is 27.2 Å². The van der Waals surface area contributed by atoms with Crippen LogP contribution in [0.2, 0.25) is 0 Å². The van der Waals surface area contributed by atoms with Gasteiger partial charge < -0.3 is 4.74 Å². The first kappa shape index (κ1) is 22.4. The fraction of sp³-hybridized carbons (Fsp3) is 0.471. The average molecular weight is 445 g/mol. The molecule has 0 radical (unpaired) electrons. The van der Waals surface area contributed by atoms with Crippen molar-refractivity contribution in [2.45, 2.75) is 42.8 Å². The smallest absolute Gasteiger partial charge is 0.250 e. The van der Waals surface area contributed by atoms with Gasteiger partial charge in [-0.2, -0.15) is 0 Å². The van der Waals surface area contributed by atoms with Crippen molar-refractivity contribution in [1.82, 2.24) is 10.2 Å². The molecule has 0 saturated carbocycles. The molecule has 8 nitrogen and oxygen atoms in total. The zero-order chi connectivity index (χ0) is 20.9. The summed E-state index contributed by atoms with van der Waals surface area (Å²) in [6.45, 7) is 5.83. The maximum Gasteiger partial charge on any atom is 0.250 e. The second-order valence-corrected chi connectivity index (χ2v) is 10.9. The number of aromatic nitrogens is 2. The van der Waals surface area contributed by atoms with Crippen LogP contribution in [0.25, 0.3) is 0 Å². The molecule has 0 saturated heterocycles. The van der Waals surface area contributed by atoms with Gasteiger partial charge in [0.15, 0.2) is 4.34 Å². The number of nitrogens with one attached hydrogen (secondary N) is 1. The number of nitrogens with zero attached hydrogens (tertiary/aromatic N) is 3. The number of anilines is 2. The van der Waals surface area contributed by atoms with Crippen molar-refractivity contribution in [3.8, 4) is 5.75 Å². The number of hydrogen-bond donors (Lipinski definition) is 1. The minimum Gasteiger partial charge on any atom is -0.497 e. The third-order valence-electron chi connectivity index (χ3n) is 3.61. The van der Waals surface area contributed by atoms with Crippen LogP contribution in [0, 0.1) is 0 Å². The largest absolute Gasteiger partial charge is 0.497 e. The van der Waals surface area contributed by atoms with E-state index in [2.05, 4.69) is 15.5 Å². The minimum atomic E-state index is -3.72. The molecular formula is C17H24N4O4S3. The van der Waals surface area contributed by atoms with Gasteiger partial charge in [0.25, 0.3) is 0 Å². The fourth-order valence-electron chi connectivity index (χ4n) is 2.51. The SMILES string of the molecule is CC[C@H](C(=O)Nc1nnc(SC(C)C)s1)N(c1cccc(OC)c1)S(C)(=O)=O. The van der Waals surface area contributed by atoms with Gasteiger partial charge >= 0.3 is 0 Å². The Hall–Kier alpha value is -1.85. The molecule has 1 aromatic carbocycles. The highest BCUT2D eigenvalue weighted by Gasteiger charge is 2.32. The highest BCUT2D eigenvalue weighted by molar-refractivity contribution is 8.01. The first-order chi connectivity index (χ1) is 13.2. The first-order valence-corrected chi connectivity index (χ1v) is 12.1. The van der Waals surface area contributed by atoms with Crippen molar-refractivity contribution < 1.29 is 17.9 Å². The lowest BCUT2D eigenvalue weighted by Crippen LogP contribution is -2.47. The van der Waals surface area contributed by atoms with Crippen molar-refractivity contribution in [3.05, 3.63) is 24.3 Å². The van der Waals surface area contributed by atoms with Gasteiger partial charge in [-0.1, -0.05) is 49.9 Å². The van der Waals surface area contributed by atoms with Crippen LogP contribution in [-0.2, 0) is 14.8 Å². The van der Waals surface area contributed by atoms with E-state index < -0.39 is 22.0 Å². The van der Waals surface area contributed by atoms with Gasteiger partial charge in [-0.25, -0.2) is 8.42 Å². The lowest BCUT2D eigenvalue weighted by atomic mass is 10.2. The summed E-state index contributed by atoms with van der Waals surface area (Å²) in [5, 5.41) is 11.4. The van der Waals surface area contributed by atoms with Crippen LogP contribution in [0.4, 0.5) is 10.8 Å². The summed E-state index contributed by atoms with van der Waals surface area (Å²) < 4.78 is 32.0. The molecular weight excluding hydrogens is 420 g/mol. The van der Waals surface area contributed by atoms with Crippen LogP contribution in [-0.4, -0.2) is 49.2 Å². The molecule has 154 valence electrons. The fourth-order valence-corrected chi connectivity index (χ4v) is 5.69. The lowest BCUT2D eigenvalue weighted by Gasteiger charge is -2.29. The zero-order valence-corrected chi connectivity index (χ0v) is 18.8. The maximum atomic E-state index is 12.9. The Kier molecular flexibility index (Phi) is 7.67. The number of thioether (sulfide) groups is 1. The number of amides is 1. The van der Waals surface area contributed by atoms with E-state index in [1.165, 1.54) is 18.4 Å². The number of methoxy groups -OCH3 is 1. The molecule has 11 heteroatoms. The number of sulfonamides is 1. The predicted octanol–water partition coefficient (Wildman–Crippen LogP) is 3.23. The van der Waals surface area contributed by atoms with Crippen molar-refractivity contribution in [2.75, 3.05) is 23.0 Å². The van der Waals surface area contributed by atoms with E-state index in [0.29, 0.717) is 21.8 Å². The third kappa shape index (κ3) is 5.82. The van der Waals surface area contributed by atoms with Crippen LogP contribution in [0.15, 0.2) is 28.6 Å². The second-order valence-electron chi connectivity index (χ2n) is 6.21. The Morgan fingerprint density at radius 3 is 2.64 bits per heavy atom. The van der Waals surface area contributed by atoms with Gasteiger partial charge in [0, 0.05) is 11.3 Å². The van der Waals surface area contributed by atoms with Gasteiger partial charge in [-0.15, -0.1) is 10.2 Å². The topological polar surface area (TPSA) is 101 Å². The van der Waals surface area contributed by atoms with Crippen molar-refractivity contribution in [2.24, 2.45) is 0 Å². The monoisotopic (exact) mass is 444 g/mol. The Bertz CT molecular complexity index is 915. The van der Waals surface area contributed by atoms with Gasteiger partial charge in [0.1, 0.15) is 11.8 Å². The molecule has 1 N–H and O–H groups in total. The Balaban J connectivity index is 2.30. The predicted molar refractivity (Wildman–Crippen MR) is 114 cm³/mol. The summed E-state index contributed by atoms with van der Waals surface area (Å²) in [7, 11) is -2.23. The van der Waals surface area contributed by atoms with E-state index in [-0.39, 0.29) is 6.42 Å². The number of ether oxygens (including phenoxy) is 1. The molecule has 28 heavy (non-hydrogen) atoms. The summed E-state index contributed by atoms with van der Waals surface area (Å²) in [6.07, 6.45) is 1.35. The molecule has 1 atom stereocenters. The standard InChI is InChI=1S/C17H24N4O4S3/c1-6-14(15(22)18-16-19-20-17(27-16)26-11(2)3)21(28(5,23)24)12-8-7-9-13(10-12)25-4/h7-11,14H,6H2,1-5H3,(H,18,19,22)/t14-/m1/s1. The maximum absolute atomic E-state index is 12.9. The van der Waals surface area contributed by atoms with E-state index in [1.54, 1.807) is 43.0 Å². The molecule has 1 amide bonds. The molecule has 0 spiro atoms. The summed E-state index contributed by atoms with van der Waals surface area (Å²) in [5.41, 5.74) is 0.358. The highest BCUT2D eigenvalue weighted by atomic mass is 32.2. The van der Waals surface area contributed by atoms with Crippen LogP contribution in [0.5, 0.6) is 5.75 Å². The normalized spacial score (nSPS) is 12.6.